The summed E-state index contributed by atoms with van der Waals surface area (Å²) >= 11 is 0. The van der Waals surface area contributed by atoms with Crippen LogP contribution in [0.25, 0.3) is 6.08 Å². The molecule has 1 spiro atoms. The molecule has 0 bridgehead atoms. The predicted molar refractivity (Wildman–Crippen MR) is 129 cm³/mol. The maximum absolute atomic E-state index is 13.5. The van der Waals surface area contributed by atoms with E-state index in [9.17, 15) is 9.59 Å². The fraction of sp³-hybridized carbons (Fsp3) is 0.286. The maximum Gasteiger partial charge on any atom is 0.268 e. The second-order valence-electron chi connectivity index (χ2n) is 9.01. The van der Waals surface area contributed by atoms with E-state index < -0.39 is 0 Å². The van der Waals surface area contributed by atoms with Gasteiger partial charge in [0, 0.05) is 23.6 Å². The van der Waals surface area contributed by atoms with Crippen LogP contribution in [-0.2, 0) is 4.79 Å². The first-order valence-electron chi connectivity index (χ1n) is 11.8. The third-order valence-electron chi connectivity index (χ3n) is 6.63. The molecule has 2 N–H and O–H groups in total. The molecule has 1 fully saturated rings. The van der Waals surface area contributed by atoms with Crippen LogP contribution in [0.2, 0.25) is 0 Å². The number of carbonyl (C=O) groups excluding carboxylic acids is 2. The van der Waals surface area contributed by atoms with Gasteiger partial charge in [-0.2, -0.15) is 0 Å². The molecule has 1 atom stereocenters. The van der Waals surface area contributed by atoms with Gasteiger partial charge >= 0.3 is 0 Å². The van der Waals surface area contributed by atoms with Crippen LogP contribution in [0, 0.1) is 0 Å². The van der Waals surface area contributed by atoms with Gasteiger partial charge < -0.3 is 19.8 Å². The van der Waals surface area contributed by atoms with E-state index >= 15 is 0 Å². The van der Waals surface area contributed by atoms with E-state index in [2.05, 4.69) is 10.6 Å². The van der Waals surface area contributed by atoms with Crippen LogP contribution in [0.15, 0.2) is 83.1 Å². The summed E-state index contributed by atoms with van der Waals surface area (Å²) in [5, 5.41) is 5.95. The highest BCUT2D eigenvalue weighted by Crippen LogP contribution is 2.46. The molecule has 1 aliphatic heterocycles. The zero-order valence-electron chi connectivity index (χ0n) is 19.0. The summed E-state index contributed by atoms with van der Waals surface area (Å²) in [5.74, 6) is 0.582. The van der Waals surface area contributed by atoms with Gasteiger partial charge in [0.1, 0.15) is 22.8 Å². The smallest absolute Gasteiger partial charge is 0.268 e. The van der Waals surface area contributed by atoms with Gasteiger partial charge in [0.15, 0.2) is 0 Å². The Morgan fingerprint density at radius 2 is 1.68 bits per heavy atom. The molecule has 1 saturated carbocycles. The van der Waals surface area contributed by atoms with Gasteiger partial charge in [-0.15, -0.1) is 0 Å². The number of carbonyl (C=O) groups is 2. The second kappa shape index (κ2) is 9.59. The lowest BCUT2D eigenvalue weighted by molar-refractivity contribution is -0.119. The fourth-order valence-electron chi connectivity index (χ4n) is 4.94. The van der Waals surface area contributed by atoms with Crippen molar-refractivity contribution >= 4 is 17.9 Å². The summed E-state index contributed by atoms with van der Waals surface area (Å²) in [6.45, 7) is 0. The molecule has 1 aromatic heterocycles. The highest BCUT2D eigenvalue weighted by atomic mass is 16.5. The first-order chi connectivity index (χ1) is 16.6. The number of ether oxygens (including phenoxy) is 1. The SMILES string of the molecule is O=C(N[C@@H]1CC2(CCCCC2)Oc2ccccc21)/C(=C/c1ccco1)NC(=O)c1ccccc1. The summed E-state index contributed by atoms with van der Waals surface area (Å²) in [7, 11) is 0. The molecule has 174 valence electrons. The summed E-state index contributed by atoms with van der Waals surface area (Å²) in [6.07, 6.45) is 9.21. The fourth-order valence-corrected chi connectivity index (χ4v) is 4.94. The Morgan fingerprint density at radius 3 is 2.44 bits per heavy atom. The van der Waals surface area contributed by atoms with Crippen molar-refractivity contribution in [2.45, 2.75) is 50.2 Å². The first kappa shape index (κ1) is 22.0. The monoisotopic (exact) mass is 456 g/mol. The van der Waals surface area contributed by atoms with E-state index in [1.54, 1.807) is 42.5 Å². The Labute approximate surface area is 199 Å². The van der Waals surface area contributed by atoms with Crippen molar-refractivity contribution in [3.05, 3.63) is 95.6 Å². The van der Waals surface area contributed by atoms with Gasteiger partial charge in [0.2, 0.25) is 0 Å². The van der Waals surface area contributed by atoms with E-state index in [0.29, 0.717) is 17.7 Å². The zero-order valence-corrected chi connectivity index (χ0v) is 19.0. The summed E-state index contributed by atoms with van der Waals surface area (Å²) in [4.78, 5) is 26.3. The molecule has 5 rings (SSSR count). The van der Waals surface area contributed by atoms with Gasteiger partial charge in [-0.1, -0.05) is 42.8 Å². The van der Waals surface area contributed by atoms with Crippen molar-refractivity contribution in [3.63, 3.8) is 0 Å². The van der Waals surface area contributed by atoms with Crippen LogP contribution in [0.5, 0.6) is 5.75 Å². The van der Waals surface area contributed by atoms with Crippen LogP contribution in [0.3, 0.4) is 0 Å². The van der Waals surface area contributed by atoms with E-state index in [1.165, 1.54) is 12.7 Å². The molecule has 1 aliphatic carbocycles. The van der Waals surface area contributed by atoms with Crippen LogP contribution in [-0.4, -0.2) is 17.4 Å². The number of fused-ring (bicyclic) bond motifs is 1. The Kier molecular flexibility index (Phi) is 6.21. The topological polar surface area (TPSA) is 80.6 Å². The van der Waals surface area contributed by atoms with Crippen molar-refractivity contribution in [2.75, 3.05) is 0 Å². The average molecular weight is 457 g/mol. The summed E-state index contributed by atoms with van der Waals surface area (Å²) < 4.78 is 11.9. The van der Waals surface area contributed by atoms with E-state index in [-0.39, 0.29) is 29.2 Å². The lowest BCUT2D eigenvalue weighted by Gasteiger charge is -2.44. The summed E-state index contributed by atoms with van der Waals surface area (Å²) in [6, 6.07) is 20.0. The van der Waals surface area contributed by atoms with Crippen LogP contribution < -0.4 is 15.4 Å². The van der Waals surface area contributed by atoms with Crippen molar-refractivity contribution in [2.24, 2.45) is 0 Å². The zero-order chi connectivity index (χ0) is 23.4. The van der Waals surface area contributed by atoms with Crippen molar-refractivity contribution < 1.29 is 18.7 Å². The van der Waals surface area contributed by atoms with Crippen LogP contribution in [0.4, 0.5) is 0 Å². The third kappa shape index (κ3) is 4.76. The maximum atomic E-state index is 13.5. The van der Waals surface area contributed by atoms with Gasteiger partial charge in [-0.3, -0.25) is 9.59 Å². The van der Waals surface area contributed by atoms with Gasteiger partial charge in [-0.25, -0.2) is 0 Å². The number of amides is 2. The number of furan rings is 1. The van der Waals surface area contributed by atoms with Crippen molar-refractivity contribution in [1.82, 2.24) is 10.6 Å². The lowest BCUT2D eigenvalue weighted by atomic mass is 9.77. The Hall–Kier alpha value is -3.80. The minimum absolute atomic E-state index is 0.130. The molecule has 0 radical (unpaired) electrons. The Balaban J connectivity index is 1.41. The molecular formula is C28H28N2O4. The van der Waals surface area contributed by atoms with Gasteiger partial charge in [-0.05, 0) is 56.0 Å². The van der Waals surface area contributed by atoms with Crippen LogP contribution >= 0.6 is 0 Å². The molecule has 3 aromatic rings. The van der Waals surface area contributed by atoms with E-state index in [0.717, 1.165) is 37.0 Å². The lowest BCUT2D eigenvalue weighted by Crippen LogP contribution is -2.47. The Bertz CT molecular complexity index is 1180. The molecule has 0 saturated heterocycles. The summed E-state index contributed by atoms with van der Waals surface area (Å²) in [5.41, 5.74) is 1.30. The van der Waals surface area contributed by atoms with Gasteiger partial charge in [0.25, 0.3) is 11.8 Å². The number of hydrogen-bond donors (Lipinski definition) is 2. The number of rotatable bonds is 5. The molecule has 34 heavy (non-hydrogen) atoms. The van der Waals surface area contributed by atoms with E-state index in [4.69, 9.17) is 9.15 Å². The highest BCUT2D eigenvalue weighted by Gasteiger charge is 2.42. The average Bonchev–Trinajstić information content (AvgIpc) is 3.38. The normalized spacial score (nSPS) is 19.1. The third-order valence-corrected chi connectivity index (χ3v) is 6.63. The van der Waals surface area contributed by atoms with Crippen molar-refractivity contribution in [3.8, 4) is 5.75 Å². The van der Waals surface area contributed by atoms with Crippen LogP contribution in [0.1, 0.15) is 66.2 Å². The number of benzene rings is 2. The predicted octanol–water partition coefficient (Wildman–Crippen LogP) is 5.39. The number of para-hydroxylation sites is 1. The molecule has 0 unspecified atom stereocenters. The molecule has 6 nitrogen and oxygen atoms in total. The number of nitrogens with one attached hydrogen (secondary N) is 2. The molecule has 6 heteroatoms. The largest absolute Gasteiger partial charge is 0.487 e. The first-order valence-corrected chi connectivity index (χ1v) is 11.8. The minimum Gasteiger partial charge on any atom is -0.487 e. The molecule has 2 aliphatic rings. The van der Waals surface area contributed by atoms with Gasteiger partial charge in [0.05, 0.1) is 12.3 Å². The molecular weight excluding hydrogens is 428 g/mol. The van der Waals surface area contributed by atoms with E-state index in [1.807, 2.05) is 30.3 Å². The second-order valence-corrected chi connectivity index (χ2v) is 9.01. The quantitative estimate of drug-likeness (QED) is 0.504. The standard InChI is InChI=1S/C28H28N2O4/c31-26(20-10-3-1-4-11-20)29-23(18-21-12-9-17-33-21)27(32)30-24-19-28(15-7-2-8-16-28)34-25-14-6-5-13-22(24)25/h1,3-6,9-14,17-18,24H,2,7-8,15-16,19H2,(H,29,31)(H,30,32)/b23-18-/t24-/m1/s1. The molecule has 2 heterocycles. The molecule has 2 amide bonds. The number of hydrogen-bond acceptors (Lipinski definition) is 4. The minimum atomic E-state index is -0.367. The Morgan fingerprint density at radius 1 is 0.912 bits per heavy atom. The molecule has 2 aromatic carbocycles. The highest BCUT2D eigenvalue weighted by molar-refractivity contribution is 6.05. The van der Waals surface area contributed by atoms with Crippen molar-refractivity contribution in [1.29, 1.82) is 0 Å².